The van der Waals surface area contributed by atoms with E-state index >= 15 is 0 Å². The summed E-state index contributed by atoms with van der Waals surface area (Å²) in [4.78, 5) is 4.07. The number of pyridine rings is 1. The van der Waals surface area contributed by atoms with Gasteiger partial charge < -0.3 is 15.4 Å². The van der Waals surface area contributed by atoms with Crippen LogP contribution >= 0.6 is 35.4 Å². The molecule has 0 aliphatic carbocycles. The summed E-state index contributed by atoms with van der Waals surface area (Å²) < 4.78 is 4.89. The number of hydrogen-bond acceptors (Lipinski definition) is 3. The van der Waals surface area contributed by atoms with E-state index in [2.05, 4.69) is 15.6 Å². The average molecular weight is 294 g/mol. The summed E-state index contributed by atoms with van der Waals surface area (Å²) in [5.41, 5.74) is 0.769. The molecule has 0 aromatic carbocycles. The number of thiocarbonyl (C=S) groups is 1. The van der Waals surface area contributed by atoms with Gasteiger partial charge in [-0.1, -0.05) is 23.2 Å². The third-order valence-corrected chi connectivity index (χ3v) is 3.12. The Morgan fingerprint density at radius 2 is 2.24 bits per heavy atom. The summed E-state index contributed by atoms with van der Waals surface area (Å²) in [6.07, 6.45) is 1.53. The SMILES string of the molecule is COCCNC(=S)Nc1ncc(Cl)c(C)c1Cl. The van der Waals surface area contributed by atoms with Crippen molar-refractivity contribution in [2.75, 3.05) is 25.6 Å². The lowest BCUT2D eigenvalue weighted by Crippen LogP contribution is -2.31. The van der Waals surface area contributed by atoms with Crippen LogP contribution in [0.15, 0.2) is 6.20 Å². The molecular weight excluding hydrogens is 281 g/mol. The molecule has 0 saturated carbocycles. The van der Waals surface area contributed by atoms with Gasteiger partial charge in [-0.05, 0) is 24.7 Å². The number of ether oxygens (including phenoxy) is 1. The van der Waals surface area contributed by atoms with Gasteiger partial charge in [0.25, 0.3) is 0 Å². The molecule has 1 rings (SSSR count). The second kappa shape index (κ2) is 6.96. The van der Waals surface area contributed by atoms with E-state index in [0.717, 1.165) is 5.56 Å². The number of nitrogens with one attached hydrogen (secondary N) is 2. The van der Waals surface area contributed by atoms with Gasteiger partial charge in [-0.15, -0.1) is 0 Å². The van der Waals surface area contributed by atoms with Crippen LogP contribution in [0.1, 0.15) is 5.56 Å². The number of aromatic nitrogens is 1. The zero-order valence-corrected chi connectivity index (χ0v) is 11.8. The summed E-state index contributed by atoms with van der Waals surface area (Å²) in [6.45, 7) is 3.01. The van der Waals surface area contributed by atoms with E-state index < -0.39 is 0 Å². The van der Waals surface area contributed by atoms with Crippen molar-refractivity contribution in [1.29, 1.82) is 0 Å². The van der Waals surface area contributed by atoms with Gasteiger partial charge in [0, 0.05) is 19.9 Å². The smallest absolute Gasteiger partial charge is 0.172 e. The van der Waals surface area contributed by atoms with Crippen molar-refractivity contribution in [2.45, 2.75) is 6.92 Å². The van der Waals surface area contributed by atoms with Crippen molar-refractivity contribution in [3.8, 4) is 0 Å². The molecule has 94 valence electrons. The molecule has 7 heteroatoms. The molecule has 17 heavy (non-hydrogen) atoms. The molecular formula is C10H13Cl2N3OS. The minimum absolute atomic E-state index is 0.443. The van der Waals surface area contributed by atoms with E-state index in [1.807, 2.05) is 6.92 Å². The zero-order chi connectivity index (χ0) is 12.8. The number of halogens is 2. The Morgan fingerprint density at radius 3 is 2.88 bits per heavy atom. The maximum atomic E-state index is 6.08. The largest absolute Gasteiger partial charge is 0.383 e. The minimum Gasteiger partial charge on any atom is -0.383 e. The van der Waals surface area contributed by atoms with E-state index in [9.17, 15) is 0 Å². The van der Waals surface area contributed by atoms with Gasteiger partial charge in [0.05, 0.1) is 16.7 Å². The number of hydrogen-bond donors (Lipinski definition) is 2. The zero-order valence-electron chi connectivity index (χ0n) is 9.51. The normalized spacial score (nSPS) is 10.1. The molecule has 0 atom stereocenters. The first kappa shape index (κ1) is 14.4. The molecule has 2 N–H and O–H groups in total. The van der Waals surface area contributed by atoms with Crippen LogP contribution in [0.4, 0.5) is 5.82 Å². The molecule has 0 radical (unpaired) electrons. The Morgan fingerprint density at radius 1 is 1.53 bits per heavy atom. The Bertz CT molecular complexity index is 415. The summed E-state index contributed by atoms with van der Waals surface area (Å²) >= 11 is 17.0. The fourth-order valence-corrected chi connectivity index (χ4v) is 1.65. The maximum absolute atomic E-state index is 6.08. The van der Waals surface area contributed by atoms with Crippen molar-refractivity contribution in [2.24, 2.45) is 0 Å². The van der Waals surface area contributed by atoms with Crippen molar-refractivity contribution < 1.29 is 4.74 Å². The van der Waals surface area contributed by atoms with E-state index in [-0.39, 0.29) is 0 Å². The Hall–Kier alpha value is -0.620. The molecule has 0 spiro atoms. The number of rotatable bonds is 4. The Balaban J connectivity index is 2.63. The van der Waals surface area contributed by atoms with E-state index in [0.29, 0.717) is 34.1 Å². The molecule has 1 aromatic heterocycles. The fourth-order valence-electron chi connectivity index (χ4n) is 1.06. The predicted molar refractivity (Wildman–Crippen MR) is 75.1 cm³/mol. The first-order valence-corrected chi connectivity index (χ1v) is 6.07. The van der Waals surface area contributed by atoms with Crippen LogP contribution < -0.4 is 10.6 Å². The van der Waals surface area contributed by atoms with Gasteiger partial charge >= 0.3 is 0 Å². The average Bonchev–Trinajstić information content (AvgIpc) is 2.30. The van der Waals surface area contributed by atoms with Crippen molar-refractivity contribution in [1.82, 2.24) is 10.3 Å². The third-order valence-electron chi connectivity index (χ3n) is 2.03. The van der Waals surface area contributed by atoms with Crippen LogP contribution in [0, 0.1) is 6.92 Å². The summed E-state index contributed by atoms with van der Waals surface area (Å²) in [5.74, 6) is 0.489. The standard InChI is InChI=1S/C10H13Cl2N3OS/c1-6-7(11)5-14-9(8(6)12)15-10(17)13-3-4-16-2/h5H,3-4H2,1-2H3,(H2,13,14,15,17). The summed E-state index contributed by atoms with van der Waals surface area (Å²) in [7, 11) is 1.62. The van der Waals surface area contributed by atoms with E-state index in [1.54, 1.807) is 7.11 Å². The lowest BCUT2D eigenvalue weighted by Gasteiger charge is -2.12. The van der Waals surface area contributed by atoms with E-state index in [4.69, 9.17) is 40.2 Å². The molecule has 0 fully saturated rings. The molecule has 4 nitrogen and oxygen atoms in total. The van der Waals surface area contributed by atoms with Crippen molar-refractivity contribution in [3.05, 3.63) is 21.8 Å². The van der Waals surface area contributed by atoms with Crippen LogP contribution in [-0.2, 0) is 4.74 Å². The van der Waals surface area contributed by atoms with Gasteiger partial charge in [0.1, 0.15) is 0 Å². The van der Waals surface area contributed by atoms with Crippen LogP contribution in [0.5, 0.6) is 0 Å². The van der Waals surface area contributed by atoms with Crippen LogP contribution in [0.3, 0.4) is 0 Å². The highest BCUT2D eigenvalue weighted by atomic mass is 35.5. The van der Waals surface area contributed by atoms with Gasteiger partial charge in [-0.2, -0.15) is 0 Å². The Kier molecular flexibility index (Phi) is 5.91. The minimum atomic E-state index is 0.443. The fraction of sp³-hybridized carbons (Fsp3) is 0.400. The summed E-state index contributed by atoms with van der Waals surface area (Å²) in [6, 6.07) is 0. The van der Waals surface area contributed by atoms with Gasteiger partial charge in [0.15, 0.2) is 10.9 Å². The summed E-state index contributed by atoms with van der Waals surface area (Å²) in [5, 5.41) is 7.29. The first-order valence-electron chi connectivity index (χ1n) is 4.90. The molecule has 0 aliphatic heterocycles. The Labute approximate surface area is 116 Å². The molecule has 1 aromatic rings. The number of anilines is 1. The highest BCUT2D eigenvalue weighted by molar-refractivity contribution is 7.80. The highest BCUT2D eigenvalue weighted by Gasteiger charge is 2.09. The van der Waals surface area contributed by atoms with Crippen LogP contribution in [0.2, 0.25) is 10.0 Å². The lowest BCUT2D eigenvalue weighted by atomic mass is 10.3. The molecule has 0 saturated heterocycles. The van der Waals surface area contributed by atoms with Gasteiger partial charge in [-0.25, -0.2) is 4.98 Å². The van der Waals surface area contributed by atoms with Crippen molar-refractivity contribution >= 4 is 46.4 Å². The highest BCUT2D eigenvalue weighted by Crippen LogP contribution is 2.28. The van der Waals surface area contributed by atoms with Crippen molar-refractivity contribution in [3.63, 3.8) is 0 Å². The third kappa shape index (κ3) is 4.27. The molecule has 0 aliphatic rings. The lowest BCUT2D eigenvalue weighted by molar-refractivity contribution is 0.204. The van der Waals surface area contributed by atoms with E-state index in [1.165, 1.54) is 6.20 Å². The quantitative estimate of drug-likeness (QED) is 0.660. The number of methoxy groups -OCH3 is 1. The monoisotopic (exact) mass is 293 g/mol. The first-order chi connectivity index (χ1) is 8.06. The second-order valence-electron chi connectivity index (χ2n) is 3.27. The number of nitrogens with zero attached hydrogens (tertiary/aromatic N) is 1. The predicted octanol–water partition coefficient (Wildman–Crippen LogP) is 2.63. The molecule has 0 amide bonds. The molecule has 0 unspecified atom stereocenters. The van der Waals surface area contributed by atoms with Gasteiger partial charge in [0.2, 0.25) is 0 Å². The second-order valence-corrected chi connectivity index (χ2v) is 4.46. The van der Waals surface area contributed by atoms with Crippen LogP contribution in [-0.4, -0.2) is 30.4 Å². The topological polar surface area (TPSA) is 46.2 Å². The van der Waals surface area contributed by atoms with Crippen LogP contribution in [0.25, 0.3) is 0 Å². The molecule has 1 heterocycles. The van der Waals surface area contributed by atoms with Gasteiger partial charge in [-0.3, -0.25) is 0 Å². The maximum Gasteiger partial charge on any atom is 0.172 e. The molecule has 0 bridgehead atoms.